The summed E-state index contributed by atoms with van der Waals surface area (Å²) in [6.45, 7) is 6.14. The predicted octanol–water partition coefficient (Wildman–Crippen LogP) is 3.21. The first-order valence-corrected chi connectivity index (χ1v) is 8.02. The molecule has 0 amide bonds. The summed E-state index contributed by atoms with van der Waals surface area (Å²) in [4.78, 5) is 2.33. The summed E-state index contributed by atoms with van der Waals surface area (Å²) >= 11 is 1.96. The fourth-order valence-corrected chi connectivity index (χ4v) is 3.70. The monoisotopic (exact) mass is 301 g/mol. The molecule has 0 aromatic heterocycles. The van der Waals surface area contributed by atoms with Gasteiger partial charge in [0.25, 0.3) is 0 Å². The van der Waals surface area contributed by atoms with Crippen molar-refractivity contribution in [2.75, 3.05) is 18.8 Å². The Bertz CT molecular complexity index is 437. The van der Waals surface area contributed by atoms with Gasteiger partial charge in [0.1, 0.15) is 11.6 Å². The predicted molar refractivity (Wildman–Crippen MR) is 78.9 cm³/mol. The van der Waals surface area contributed by atoms with Crippen LogP contribution < -0.4 is 0 Å². The molecular weight excluding hydrogens is 280 g/mol. The fourth-order valence-electron chi connectivity index (χ4n) is 2.53. The van der Waals surface area contributed by atoms with Crippen molar-refractivity contribution in [1.82, 2.24) is 4.90 Å². The number of nitrogens with zero attached hydrogens (tertiary/aromatic N) is 1. The zero-order chi connectivity index (χ0) is 14.7. The Morgan fingerprint density at radius 2 is 1.95 bits per heavy atom. The highest BCUT2D eigenvalue weighted by Crippen LogP contribution is 2.26. The van der Waals surface area contributed by atoms with Crippen molar-refractivity contribution in [2.45, 2.75) is 37.7 Å². The van der Waals surface area contributed by atoms with Gasteiger partial charge in [0.05, 0.1) is 6.10 Å². The van der Waals surface area contributed by atoms with Crippen molar-refractivity contribution in [3.63, 3.8) is 0 Å². The fraction of sp³-hybridized carbons (Fsp3) is 0.600. The first-order chi connectivity index (χ1) is 9.47. The number of thioether (sulfide) groups is 1. The van der Waals surface area contributed by atoms with Crippen LogP contribution in [0, 0.1) is 11.6 Å². The van der Waals surface area contributed by atoms with Gasteiger partial charge in [-0.3, -0.25) is 4.90 Å². The van der Waals surface area contributed by atoms with Gasteiger partial charge in [-0.05, 0) is 31.0 Å². The summed E-state index contributed by atoms with van der Waals surface area (Å²) in [5.74, 6) is -0.193. The molecule has 0 aliphatic carbocycles. The molecule has 1 aromatic rings. The van der Waals surface area contributed by atoms with Gasteiger partial charge in [0.15, 0.2) is 0 Å². The number of benzene rings is 1. The minimum atomic E-state index is -0.822. The molecule has 0 spiro atoms. The molecule has 2 rings (SSSR count). The van der Waals surface area contributed by atoms with Crippen LogP contribution in [0.3, 0.4) is 0 Å². The lowest BCUT2D eigenvalue weighted by Crippen LogP contribution is -2.45. The third-order valence-corrected chi connectivity index (χ3v) is 5.31. The van der Waals surface area contributed by atoms with Crippen molar-refractivity contribution >= 4 is 11.8 Å². The van der Waals surface area contributed by atoms with Crippen molar-refractivity contribution in [1.29, 1.82) is 0 Å². The zero-order valence-corrected chi connectivity index (χ0v) is 12.7. The smallest absolute Gasteiger partial charge is 0.126 e. The Morgan fingerprint density at radius 1 is 1.30 bits per heavy atom. The topological polar surface area (TPSA) is 23.5 Å². The molecule has 1 fully saturated rings. The molecule has 1 aromatic carbocycles. The summed E-state index contributed by atoms with van der Waals surface area (Å²) < 4.78 is 26.3. The van der Waals surface area contributed by atoms with Crippen LogP contribution in [0.5, 0.6) is 0 Å². The highest BCUT2D eigenvalue weighted by Gasteiger charge is 2.25. The Kier molecular flexibility index (Phi) is 5.41. The van der Waals surface area contributed by atoms with Crippen LogP contribution >= 0.6 is 11.8 Å². The molecular formula is C15H21F2NOS. The molecule has 1 heterocycles. The molecule has 0 saturated carbocycles. The average molecular weight is 301 g/mol. The van der Waals surface area contributed by atoms with E-state index in [1.54, 1.807) is 0 Å². The first kappa shape index (κ1) is 15.7. The molecule has 1 saturated heterocycles. The van der Waals surface area contributed by atoms with Crippen molar-refractivity contribution in [2.24, 2.45) is 0 Å². The van der Waals surface area contributed by atoms with E-state index in [2.05, 4.69) is 18.7 Å². The molecule has 1 aliphatic heterocycles. The molecule has 2 nitrogen and oxygen atoms in total. The van der Waals surface area contributed by atoms with Gasteiger partial charge >= 0.3 is 0 Å². The number of aliphatic hydroxyl groups is 1. The maximum atomic E-state index is 13.1. The number of halogens is 2. The molecule has 112 valence electrons. The second kappa shape index (κ2) is 6.87. The van der Waals surface area contributed by atoms with Gasteiger partial charge in [0.2, 0.25) is 0 Å². The van der Waals surface area contributed by atoms with Crippen LogP contribution in [0.15, 0.2) is 18.2 Å². The number of hydrogen-bond donors (Lipinski definition) is 1. The van der Waals surface area contributed by atoms with Gasteiger partial charge in [-0.1, -0.05) is 6.92 Å². The standard InChI is InChI=1S/C15H21F2NOS/c1-10-11(2)20-6-5-18(10)4-3-15(19)12-7-13(16)9-14(17)8-12/h7-11,15,19H,3-6H2,1-2H3. The number of hydrogen-bond acceptors (Lipinski definition) is 3. The first-order valence-electron chi connectivity index (χ1n) is 6.97. The van der Waals surface area contributed by atoms with Crippen LogP contribution in [-0.4, -0.2) is 40.1 Å². The van der Waals surface area contributed by atoms with Crippen LogP contribution in [-0.2, 0) is 0 Å². The summed E-state index contributed by atoms with van der Waals surface area (Å²) in [7, 11) is 0. The minimum Gasteiger partial charge on any atom is -0.388 e. The van der Waals surface area contributed by atoms with Crippen molar-refractivity contribution in [3.8, 4) is 0 Å². The van der Waals surface area contributed by atoms with Gasteiger partial charge < -0.3 is 5.11 Å². The second-order valence-corrected chi connectivity index (χ2v) is 6.84. The van der Waals surface area contributed by atoms with E-state index in [0.717, 1.165) is 24.9 Å². The van der Waals surface area contributed by atoms with E-state index < -0.39 is 17.7 Å². The highest BCUT2D eigenvalue weighted by molar-refractivity contribution is 8.00. The van der Waals surface area contributed by atoms with Crippen LogP contribution in [0.1, 0.15) is 31.9 Å². The van der Waals surface area contributed by atoms with E-state index in [-0.39, 0.29) is 0 Å². The molecule has 20 heavy (non-hydrogen) atoms. The molecule has 5 heteroatoms. The van der Waals surface area contributed by atoms with Crippen LogP contribution in [0.2, 0.25) is 0 Å². The summed E-state index contributed by atoms with van der Waals surface area (Å²) in [5, 5.41) is 10.7. The lowest BCUT2D eigenvalue weighted by atomic mass is 10.1. The van der Waals surface area contributed by atoms with E-state index in [9.17, 15) is 13.9 Å². The van der Waals surface area contributed by atoms with Gasteiger partial charge in [-0.15, -0.1) is 0 Å². The lowest BCUT2D eigenvalue weighted by molar-refractivity contribution is 0.127. The quantitative estimate of drug-likeness (QED) is 0.924. The minimum absolute atomic E-state index is 0.314. The Balaban J connectivity index is 1.92. The summed E-state index contributed by atoms with van der Waals surface area (Å²) in [5.41, 5.74) is 0.314. The zero-order valence-electron chi connectivity index (χ0n) is 11.9. The van der Waals surface area contributed by atoms with Crippen LogP contribution in [0.4, 0.5) is 8.78 Å². The third-order valence-electron chi connectivity index (χ3n) is 3.97. The Labute approximate surface area is 123 Å². The third kappa shape index (κ3) is 3.93. The second-order valence-electron chi connectivity index (χ2n) is 5.36. The normalized spacial score (nSPS) is 25.6. The van der Waals surface area contributed by atoms with E-state index in [0.29, 0.717) is 23.3 Å². The number of rotatable bonds is 4. The van der Waals surface area contributed by atoms with E-state index in [4.69, 9.17) is 0 Å². The Hall–Kier alpha value is -0.650. The SMILES string of the molecule is CC1SCCN(CCC(O)c2cc(F)cc(F)c2)C1C. The molecule has 0 radical (unpaired) electrons. The lowest BCUT2D eigenvalue weighted by Gasteiger charge is -2.37. The Morgan fingerprint density at radius 3 is 2.60 bits per heavy atom. The molecule has 1 N–H and O–H groups in total. The molecule has 1 aliphatic rings. The van der Waals surface area contributed by atoms with Gasteiger partial charge in [0, 0.05) is 36.2 Å². The van der Waals surface area contributed by atoms with Gasteiger partial charge in [-0.2, -0.15) is 11.8 Å². The van der Waals surface area contributed by atoms with Crippen LogP contribution in [0.25, 0.3) is 0 Å². The van der Waals surface area contributed by atoms with Crippen molar-refractivity contribution < 1.29 is 13.9 Å². The van der Waals surface area contributed by atoms with E-state index >= 15 is 0 Å². The maximum absolute atomic E-state index is 13.1. The van der Waals surface area contributed by atoms with E-state index in [1.165, 1.54) is 12.1 Å². The summed E-state index contributed by atoms with van der Waals surface area (Å²) in [6, 6.07) is 3.68. The molecule has 3 atom stereocenters. The largest absolute Gasteiger partial charge is 0.388 e. The average Bonchev–Trinajstić information content (AvgIpc) is 2.39. The van der Waals surface area contributed by atoms with E-state index in [1.807, 2.05) is 11.8 Å². The maximum Gasteiger partial charge on any atom is 0.126 e. The van der Waals surface area contributed by atoms with Crippen molar-refractivity contribution in [3.05, 3.63) is 35.4 Å². The number of aliphatic hydroxyl groups excluding tert-OH is 1. The molecule has 0 bridgehead atoms. The summed E-state index contributed by atoms with van der Waals surface area (Å²) in [6.07, 6.45) is -0.331. The highest BCUT2D eigenvalue weighted by atomic mass is 32.2. The molecule has 3 unspecified atom stereocenters. The van der Waals surface area contributed by atoms with Gasteiger partial charge in [-0.25, -0.2) is 8.78 Å².